The van der Waals surface area contributed by atoms with Gasteiger partial charge in [0.1, 0.15) is 0 Å². The zero-order valence-corrected chi connectivity index (χ0v) is 11.4. The van der Waals surface area contributed by atoms with E-state index in [9.17, 15) is 4.79 Å². The van der Waals surface area contributed by atoms with Gasteiger partial charge in [-0.2, -0.15) is 0 Å². The van der Waals surface area contributed by atoms with E-state index in [1.54, 1.807) is 14.2 Å². The van der Waals surface area contributed by atoms with Gasteiger partial charge in [0, 0.05) is 20.3 Å². The molecule has 1 saturated heterocycles. The maximum atomic E-state index is 12.0. The van der Waals surface area contributed by atoms with E-state index in [1.807, 2.05) is 0 Å². The van der Waals surface area contributed by atoms with Crippen LogP contribution in [0.15, 0.2) is 0 Å². The minimum atomic E-state index is -0.404. The molecule has 1 amide bonds. The molecule has 2 unspecified atom stereocenters. The fourth-order valence-electron chi connectivity index (χ4n) is 1.92. The fourth-order valence-corrected chi connectivity index (χ4v) is 1.92. The first-order chi connectivity index (χ1) is 8.72. The highest BCUT2D eigenvalue weighted by atomic mass is 16.7. The molecule has 0 aliphatic carbocycles. The summed E-state index contributed by atoms with van der Waals surface area (Å²) in [5, 5.41) is 6.15. The molecule has 106 valence electrons. The Morgan fingerprint density at radius 3 is 2.72 bits per heavy atom. The first kappa shape index (κ1) is 15.4. The van der Waals surface area contributed by atoms with Gasteiger partial charge >= 0.3 is 0 Å². The quantitative estimate of drug-likeness (QED) is 0.588. The summed E-state index contributed by atoms with van der Waals surface area (Å²) in [4.78, 5) is 12.0. The summed E-state index contributed by atoms with van der Waals surface area (Å²) in [7, 11) is 3.09. The molecule has 0 aromatic heterocycles. The molecule has 1 aliphatic rings. The first-order valence-corrected chi connectivity index (χ1v) is 6.37. The molecule has 0 spiro atoms. The van der Waals surface area contributed by atoms with Gasteiger partial charge in [0.05, 0.1) is 25.7 Å². The van der Waals surface area contributed by atoms with E-state index in [0.717, 1.165) is 13.0 Å². The average Bonchev–Trinajstić information content (AvgIpc) is 2.85. The molecule has 1 fully saturated rings. The van der Waals surface area contributed by atoms with Crippen molar-refractivity contribution in [3.63, 3.8) is 0 Å². The van der Waals surface area contributed by atoms with Crippen molar-refractivity contribution in [2.75, 3.05) is 40.5 Å². The highest BCUT2D eigenvalue weighted by Crippen LogP contribution is 2.13. The molecule has 0 aromatic carbocycles. The Morgan fingerprint density at radius 2 is 2.11 bits per heavy atom. The number of hydrogen-bond donors (Lipinski definition) is 2. The third-order valence-electron chi connectivity index (χ3n) is 3.04. The van der Waals surface area contributed by atoms with Gasteiger partial charge in [-0.05, 0) is 13.0 Å². The van der Waals surface area contributed by atoms with Crippen molar-refractivity contribution in [2.45, 2.75) is 25.7 Å². The topological polar surface area (TPSA) is 68.8 Å². The van der Waals surface area contributed by atoms with Crippen LogP contribution >= 0.6 is 0 Å². The van der Waals surface area contributed by atoms with E-state index in [-0.39, 0.29) is 17.9 Å². The molecule has 6 heteroatoms. The van der Waals surface area contributed by atoms with Gasteiger partial charge in [-0.15, -0.1) is 0 Å². The monoisotopic (exact) mass is 260 g/mol. The van der Waals surface area contributed by atoms with Crippen molar-refractivity contribution >= 4 is 5.91 Å². The molecular weight excluding hydrogens is 236 g/mol. The minimum absolute atomic E-state index is 0.0137. The molecule has 2 atom stereocenters. The summed E-state index contributed by atoms with van der Waals surface area (Å²) in [5.41, 5.74) is 0. The predicted octanol–water partition coefficient (Wildman–Crippen LogP) is -0.264. The normalized spacial score (nSPS) is 23.6. The molecule has 0 aromatic rings. The molecule has 0 bridgehead atoms. The summed E-state index contributed by atoms with van der Waals surface area (Å²) >= 11 is 0. The molecule has 1 heterocycles. The largest absolute Gasteiger partial charge is 0.379 e. The van der Waals surface area contributed by atoms with Gasteiger partial charge in [0.25, 0.3) is 0 Å². The van der Waals surface area contributed by atoms with Crippen molar-refractivity contribution in [1.29, 1.82) is 0 Å². The van der Waals surface area contributed by atoms with Crippen LogP contribution in [0.5, 0.6) is 0 Å². The SMILES string of the molecule is CCCNC1COCC1C(=O)NCC(OC)OC. The number of rotatable bonds is 8. The highest BCUT2D eigenvalue weighted by Gasteiger charge is 2.33. The summed E-state index contributed by atoms with van der Waals surface area (Å²) in [6.45, 7) is 4.41. The van der Waals surface area contributed by atoms with Crippen LogP contribution in [0, 0.1) is 5.92 Å². The van der Waals surface area contributed by atoms with Gasteiger partial charge < -0.3 is 24.8 Å². The molecular formula is C12H24N2O4. The second-order valence-electron chi connectivity index (χ2n) is 4.35. The Labute approximate surface area is 108 Å². The lowest BCUT2D eigenvalue weighted by Gasteiger charge is -2.20. The molecule has 0 radical (unpaired) electrons. The van der Waals surface area contributed by atoms with Crippen LogP contribution in [0.2, 0.25) is 0 Å². The number of hydrogen-bond acceptors (Lipinski definition) is 5. The van der Waals surface area contributed by atoms with Crippen molar-refractivity contribution in [1.82, 2.24) is 10.6 Å². The Kier molecular flexibility index (Phi) is 7.19. The van der Waals surface area contributed by atoms with Crippen LogP contribution in [0.1, 0.15) is 13.3 Å². The lowest BCUT2D eigenvalue weighted by atomic mass is 10.0. The smallest absolute Gasteiger partial charge is 0.227 e. The maximum absolute atomic E-state index is 12.0. The van der Waals surface area contributed by atoms with E-state index >= 15 is 0 Å². The standard InChI is InChI=1S/C12H24N2O4/c1-4-5-13-10-8-18-7-9(10)12(15)14-6-11(16-2)17-3/h9-11,13H,4-8H2,1-3H3,(H,14,15). The first-order valence-electron chi connectivity index (χ1n) is 6.37. The third kappa shape index (κ3) is 4.53. The van der Waals surface area contributed by atoms with Crippen molar-refractivity contribution in [3.05, 3.63) is 0 Å². The van der Waals surface area contributed by atoms with Crippen LogP contribution in [0.4, 0.5) is 0 Å². The van der Waals surface area contributed by atoms with E-state index < -0.39 is 6.29 Å². The lowest BCUT2D eigenvalue weighted by Crippen LogP contribution is -2.46. The number of nitrogens with one attached hydrogen (secondary N) is 2. The summed E-state index contributed by atoms with van der Waals surface area (Å²) in [5.74, 6) is -0.147. The number of amides is 1. The number of ether oxygens (including phenoxy) is 3. The van der Waals surface area contributed by atoms with Gasteiger partial charge in [-0.25, -0.2) is 0 Å². The summed E-state index contributed by atoms with van der Waals surface area (Å²) in [6.07, 6.45) is 0.638. The Hall–Kier alpha value is -0.690. The predicted molar refractivity (Wildman–Crippen MR) is 67.2 cm³/mol. The molecule has 2 N–H and O–H groups in total. The van der Waals surface area contributed by atoms with E-state index in [2.05, 4.69) is 17.6 Å². The van der Waals surface area contributed by atoms with Crippen molar-refractivity contribution < 1.29 is 19.0 Å². The third-order valence-corrected chi connectivity index (χ3v) is 3.04. The molecule has 18 heavy (non-hydrogen) atoms. The zero-order chi connectivity index (χ0) is 13.4. The molecule has 1 aliphatic heterocycles. The van der Waals surface area contributed by atoms with Crippen LogP contribution in [0.25, 0.3) is 0 Å². The van der Waals surface area contributed by atoms with Gasteiger partial charge in [-0.1, -0.05) is 6.92 Å². The minimum Gasteiger partial charge on any atom is -0.379 e. The second-order valence-corrected chi connectivity index (χ2v) is 4.35. The fraction of sp³-hybridized carbons (Fsp3) is 0.917. The van der Waals surface area contributed by atoms with Crippen LogP contribution in [0.3, 0.4) is 0 Å². The summed E-state index contributed by atoms with van der Waals surface area (Å²) in [6, 6.07) is 0.105. The molecule has 0 saturated carbocycles. The Bertz CT molecular complexity index is 246. The van der Waals surface area contributed by atoms with Gasteiger partial charge in [0.2, 0.25) is 5.91 Å². The molecule has 1 rings (SSSR count). The van der Waals surface area contributed by atoms with Gasteiger partial charge in [-0.3, -0.25) is 4.79 Å². The Balaban J connectivity index is 2.35. The molecule has 6 nitrogen and oxygen atoms in total. The van der Waals surface area contributed by atoms with E-state index in [1.165, 1.54) is 0 Å². The number of carbonyl (C=O) groups excluding carboxylic acids is 1. The zero-order valence-electron chi connectivity index (χ0n) is 11.4. The van der Waals surface area contributed by atoms with Crippen LogP contribution < -0.4 is 10.6 Å². The van der Waals surface area contributed by atoms with Crippen molar-refractivity contribution in [2.24, 2.45) is 5.92 Å². The lowest BCUT2D eigenvalue weighted by molar-refractivity contribution is -0.131. The van der Waals surface area contributed by atoms with E-state index in [0.29, 0.717) is 19.8 Å². The van der Waals surface area contributed by atoms with Gasteiger partial charge in [0.15, 0.2) is 6.29 Å². The average molecular weight is 260 g/mol. The number of carbonyl (C=O) groups is 1. The maximum Gasteiger partial charge on any atom is 0.227 e. The highest BCUT2D eigenvalue weighted by molar-refractivity contribution is 5.79. The Morgan fingerprint density at radius 1 is 1.39 bits per heavy atom. The van der Waals surface area contributed by atoms with Crippen LogP contribution in [-0.4, -0.2) is 58.8 Å². The summed E-state index contributed by atoms with van der Waals surface area (Å²) < 4.78 is 15.4. The second kappa shape index (κ2) is 8.42. The number of methoxy groups -OCH3 is 2. The van der Waals surface area contributed by atoms with E-state index in [4.69, 9.17) is 14.2 Å². The van der Waals surface area contributed by atoms with Crippen LogP contribution in [-0.2, 0) is 19.0 Å². The van der Waals surface area contributed by atoms with Crippen molar-refractivity contribution in [3.8, 4) is 0 Å².